The summed E-state index contributed by atoms with van der Waals surface area (Å²) in [5.74, 6) is 2.17. The first-order valence-corrected chi connectivity index (χ1v) is 11.7. The van der Waals surface area contributed by atoms with Gasteiger partial charge in [-0.15, -0.1) is 0 Å². The third kappa shape index (κ3) is 2.69. The highest BCUT2D eigenvalue weighted by atomic mass is 16.5. The predicted octanol–water partition coefficient (Wildman–Crippen LogP) is 4.73. The zero-order valence-corrected chi connectivity index (χ0v) is 18.5. The molecule has 0 amide bonds. The molecule has 162 valence electrons. The van der Waals surface area contributed by atoms with Crippen LogP contribution in [0.1, 0.15) is 64.4 Å². The summed E-state index contributed by atoms with van der Waals surface area (Å²) in [6.07, 6.45) is 12.1. The monoisotopic (exact) mass is 409 g/mol. The van der Waals surface area contributed by atoms with Gasteiger partial charge in [0.05, 0.1) is 19.3 Å². The first-order valence-electron chi connectivity index (χ1n) is 11.7. The van der Waals surface area contributed by atoms with Crippen molar-refractivity contribution in [1.82, 2.24) is 4.98 Å². The lowest BCUT2D eigenvalue weighted by Gasteiger charge is -2.59. The van der Waals surface area contributed by atoms with Crippen LogP contribution in [0.2, 0.25) is 0 Å². The zero-order chi connectivity index (χ0) is 21.1. The lowest BCUT2D eigenvalue weighted by Crippen LogP contribution is -2.54. The van der Waals surface area contributed by atoms with Crippen LogP contribution in [0.5, 0.6) is 0 Å². The van der Waals surface area contributed by atoms with Gasteiger partial charge in [0.1, 0.15) is 5.76 Å². The zero-order valence-electron chi connectivity index (χ0n) is 18.5. The molecule has 2 N–H and O–H groups in total. The second-order valence-corrected chi connectivity index (χ2v) is 10.3. The summed E-state index contributed by atoms with van der Waals surface area (Å²) in [5, 5.41) is 21.6. The van der Waals surface area contributed by atoms with E-state index in [0.29, 0.717) is 11.8 Å². The number of ether oxygens (including phenoxy) is 1. The van der Waals surface area contributed by atoms with E-state index in [0.717, 1.165) is 50.7 Å². The molecule has 4 heteroatoms. The molecule has 0 spiro atoms. The molecule has 1 aromatic rings. The number of allylic oxidation sites excluding steroid dienone is 2. The number of fused-ring (bicyclic) bond motifs is 5. The molecule has 7 unspecified atom stereocenters. The lowest BCUT2D eigenvalue weighted by molar-refractivity contribution is -0.0793. The molecule has 2 fully saturated rings. The number of rotatable bonds is 3. The minimum Gasteiger partial charge on any atom is -0.501 e. The Bertz CT molecular complexity index is 878. The summed E-state index contributed by atoms with van der Waals surface area (Å²) in [5.41, 5.74) is 3.94. The third-order valence-electron chi connectivity index (χ3n) is 9.32. The quantitative estimate of drug-likeness (QED) is 0.708. The van der Waals surface area contributed by atoms with Crippen LogP contribution in [-0.2, 0) is 4.74 Å². The Morgan fingerprint density at radius 2 is 2.00 bits per heavy atom. The van der Waals surface area contributed by atoms with Crippen molar-refractivity contribution in [3.63, 3.8) is 0 Å². The first kappa shape index (κ1) is 20.3. The highest BCUT2D eigenvalue weighted by Gasteiger charge is 2.61. The Kier molecular flexibility index (Phi) is 4.86. The van der Waals surface area contributed by atoms with E-state index in [1.807, 2.05) is 18.5 Å². The molecule has 1 heterocycles. The molecule has 5 rings (SSSR count). The van der Waals surface area contributed by atoms with Gasteiger partial charge in [0.2, 0.25) is 0 Å². The summed E-state index contributed by atoms with van der Waals surface area (Å²) in [6, 6.07) is 4.17. The Hall–Kier alpha value is -1.65. The topological polar surface area (TPSA) is 62.6 Å². The number of aliphatic hydroxyl groups excluding tert-OH is 2. The molecule has 0 radical (unpaired) electrons. The molecule has 7 atom stereocenters. The van der Waals surface area contributed by atoms with Crippen LogP contribution < -0.4 is 0 Å². The number of aromatic nitrogens is 1. The third-order valence-corrected chi connectivity index (χ3v) is 9.32. The van der Waals surface area contributed by atoms with Crippen LogP contribution in [0.25, 0.3) is 5.57 Å². The minimum atomic E-state index is -0.439. The molecule has 2 saturated carbocycles. The second-order valence-electron chi connectivity index (χ2n) is 10.3. The van der Waals surface area contributed by atoms with Gasteiger partial charge in [-0.05, 0) is 73.3 Å². The summed E-state index contributed by atoms with van der Waals surface area (Å²) >= 11 is 0. The Labute approximate surface area is 180 Å². The van der Waals surface area contributed by atoms with E-state index in [1.165, 1.54) is 16.7 Å². The second kappa shape index (κ2) is 7.20. The Balaban J connectivity index is 1.59. The van der Waals surface area contributed by atoms with E-state index < -0.39 is 6.10 Å². The van der Waals surface area contributed by atoms with E-state index in [1.54, 1.807) is 7.11 Å². The molecule has 4 aliphatic carbocycles. The number of hydrogen-bond acceptors (Lipinski definition) is 4. The van der Waals surface area contributed by atoms with Crippen molar-refractivity contribution >= 4 is 5.57 Å². The van der Waals surface area contributed by atoms with Crippen molar-refractivity contribution in [1.29, 1.82) is 0 Å². The van der Waals surface area contributed by atoms with Crippen LogP contribution >= 0.6 is 0 Å². The molecule has 1 aromatic heterocycles. The van der Waals surface area contributed by atoms with Gasteiger partial charge in [-0.3, -0.25) is 4.98 Å². The van der Waals surface area contributed by atoms with Crippen LogP contribution in [-0.4, -0.2) is 34.5 Å². The maximum Gasteiger partial charge on any atom is 0.100 e. The van der Waals surface area contributed by atoms with Gasteiger partial charge in [-0.25, -0.2) is 0 Å². The lowest BCUT2D eigenvalue weighted by atomic mass is 9.46. The number of pyridine rings is 1. The molecule has 0 bridgehead atoms. The van der Waals surface area contributed by atoms with Crippen LogP contribution in [0.3, 0.4) is 0 Å². The number of methoxy groups -OCH3 is 1. The molecular weight excluding hydrogens is 374 g/mol. The molecule has 0 aliphatic heterocycles. The molecule has 4 aliphatic rings. The highest BCUT2D eigenvalue weighted by molar-refractivity contribution is 5.75. The van der Waals surface area contributed by atoms with Crippen molar-refractivity contribution in [2.75, 3.05) is 7.11 Å². The van der Waals surface area contributed by atoms with Gasteiger partial charge in [0.15, 0.2) is 0 Å². The maximum atomic E-state index is 11.4. The van der Waals surface area contributed by atoms with Gasteiger partial charge in [0, 0.05) is 29.8 Å². The Morgan fingerprint density at radius 1 is 1.17 bits per heavy atom. The summed E-state index contributed by atoms with van der Waals surface area (Å²) in [4.78, 5) is 4.40. The highest BCUT2D eigenvalue weighted by Crippen LogP contribution is 2.68. The minimum absolute atomic E-state index is 0.0341. The molecule has 0 saturated heterocycles. The van der Waals surface area contributed by atoms with Crippen molar-refractivity contribution < 1.29 is 14.9 Å². The first-order chi connectivity index (χ1) is 14.4. The molecule has 0 aromatic carbocycles. The smallest absolute Gasteiger partial charge is 0.100 e. The normalized spacial score (nSPS) is 42.8. The van der Waals surface area contributed by atoms with Gasteiger partial charge in [0.25, 0.3) is 0 Å². The van der Waals surface area contributed by atoms with Crippen molar-refractivity contribution in [3.05, 3.63) is 47.5 Å². The predicted molar refractivity (Wildman–Crippen MR) is 117 cm³/mol. The fourth-order valence-corrected chi connectivity index (χ4v) is 7.86. The standard InChI is InChI=1S/C26H35NO3/c1-4-26-10-8-19-23(21(29)13-17-12-18(28)7-9-25(17,19)2)20(26)14-22(30-3)24(26)16-6-5-11-27-15-16/h5-6,11,13,15,18-21,23,28-29H,4,7-10,12,14H2,1-3H3. The van der Waals surface area contributed by atoms with Gasteiger partial charge >= 0.3 is 0 Å². The number of nitrogens with zero attached hydrogens (tertiary/aromatic N) is 1. The van der Waals surface area contributed by atoms with E-state index in [2.05, 4.69) is 31.0 Å². The maximum absolute atomic E-state index is 11.4. The Morgan fingerprint density at radius 3 is 2.70 bits per heavy atom. The molecule has 4 nitrogen and oxygen atoms in total. The van der Waals surface area contributed by atoms with E-state index in [9.17, 15) is 10.2 Å². The van der Waals surface area contributed by atoms with Crippen LogP contribution in [0.15, 0.2) is 41.9 Å². The summed E-state index contributed by atoms with van der Waals surface area (Å²) in [6.45, 7) is 4.70. The van der Waals surface area contributed by atoms with Crippen molar-refractivity contribution in [3.8, 4) is 0 Å². The molecule has 30 heavy (non-hydrogen) atoms. The number of hydrogen-bond donors (Lipinski definition) is 2. The van der Waals surface area contributed by atoms with Gasteiger partial charge in [-0.1, -0.05) is 31.6 Å². The van der Waals surface area contributed by atoms with E-state index >= 15 is 0 Å². The number of aliphatic hydroxyl groups is 2. The summed E-state index contributed by atoms with van der Waals surface area (Å²) in [7, 11) is 1.79. The fourth-order valence-electron chi connectivity index (χ4n) is 7.86. The summed E-state index contributed by atoms with van der Waals surface area (Å²) < 4.78 is 5.98. The fraction of sp³-hybridized carbons (Fsp3) is 0.654. The van der Waals surface area contributed by atoms with Crippen LogP contribution in [0, 0.1) is 28.6 Å². The molecular formula is C26H35NO3. The largest absolute Gasteiger partial charge is 0.501 e. The average Bonchev–Trinajstić information content (AvgIpc) is 3.10. The SMILES string of the molecule is CCC12CCC3C(C(O)C=C4CC(O)CCC43C)C1CC(OC)=C2c1cccnc1. The van der Waals surface area contributed by atoms with Crippen molar-refractivity contribution in [2.45, 2.75) is 71.0 Å². The van der Waals surface area contributed by atoms with Gasteiger partial charge in [-0.2, -0.15) is 0 Å². The van der Waals surface area contributed by atoms with Crippen molar-refractivity contribution in [2.24, 2.45) is 28.6 Å². The average molecular weight is 410 g/mol. The van der Waals surface area contributed by atoms with Crippen LogP contribution in [0.4, 0.5) is 0 Å². The van der Waals surface area contributed by atoms with E-state index in [4.69, 9.17) is 4.74 Å². The van der Waals surface area contributed by atoms with E-state index in [-0.39, 0.29) is 22.9 Å². The van der Waals surface area contributed by atoms with Gasteiger partial charge < -0.3 is 14.9 Å².